The number of nitrogens with zero attached hydrogens (tertiary/aromatic N) is 1. The summed E-state index contributed by atoms with van der Waals surface area (Å²) in [5.74, 6) is 0. The Balaban J connectivity index is 2.23. The molecule has 0 aliphatic heterocycles. The molecule has 1 N–H and O–H groups in total. The summed E-state index contributed by atoms with van der Waals surface area (Å²) in [6.45, 7) is 0. The maximum Gasteiger partial charge on any atom is 0.0980 e. The lowest BCUT2D eigenvalue weighted by atomic mass is 10.1. The standard InChI is InChI=1S/C11H8N2O/c1-2-10-11(13-7-12-10)5-8(1)9-3-4-14-6-9/h1-7H,(H,12,13). The van der Waals surface area contributed by atoms with Crippen LogP contribution in [0.25, 0.3) is 22.2 Å². The molecule has 1 aromatic carbocycles. The van der Waals surface area contributed by atoms with Gasteiger partial charge in [-0.3, -0.25) is 0 Å². The highest BCUT2D eigenvalue weighted by atomic mass is 16.3. The predicted octanol–water partition coefficient (Wildman–Crippen LogP) is 2.82. The van der Waals surface area contributed by atoms with Gasteiger partial charge in [0.1, 0.15) is 0 Å². The normalized spacial score (nSPS) is 10.9. The van der Waals surface area contributed by atoms with Crippen molar-refractivity contribution in [2.75, 3.05) is 0 Å². The number of furan rings is 1. The summed E-state index contributed by atoms with van der Waals surface area (Å²) in [6, 6.07) is 8.03. The van der Waals surface area contributed by atoms with Crippen LogP contribution in [0.1, 0.15) is 0 Å². The zero-order valence-corrected chi connectivity index (χ0v) is 7.40. The number of aromatic amines is 1. The monoisotopic (exact) mass is 184 g/mol. The van der Waals surface area contributed by atoms with Gasteiger partial charge in [-0.1, -0.05) is 6.07 Å². The van der Waals surface area contributed by atoms with Crippen molar-refractivity contribution in [2.45, 2.75) is 0 Å². The Hall–Kier alpha value is -2.03. The molecule has 0 aliphatic rings. The summed E-state index contributed by atoms with van der Waals surface area (Å²) in [5, 5.41) is 0. The van der Waals surface area contributed by atoms with Crippen molar-refractivity contribution in [3.8, 4) is 11.1 Å². The number of H-pyrrole nitrogens is 1. The molecule has 0 atom stereocenters. The van der Waals surface area contributed by atoms with E-state index in [2.05, 4.69) is 16.0 Å². The van der Waals surface area contributed by atoms with Gasteiger partial charge in [-0.15, -0.1) is 0 Å². The third-order valence-electron chi connectivity index (χ3n) is 2.27. The zero-order valence-electron chi connectivity index (χ0n) is 7.40. The Bertz CT molecular complexity index is 551. The molecule has 0 aliphatic carbocycles. The SMILES string of the molecule is c1nc2ccc(-c3ccoc3)cc2[nH]1. The van der Waals surface area contributed by atoms with Gasteiger partial charge in [-0.25, -0.2) is 4.98 Å². The Morgan fingerprint density at radius 2 is 2.14 bits per heavy atom. The van der Waals surface area contributed by atoms with Gasteiger partial charge in [-0.2, -0.15) is 0 Å². The first-order valence-corrected chi connectivity index (χ1v) is 4.39. The second-order valence-corrected chi connectivity index (χ2v) is 3.15. The highest BCUT2D eigenvalue weighted by molar-refractivity contribution is 5.81. The van der Waals surface area contributed by atoms with Gasteiger partial charge in [0.15, 0.2) is 0 Å². The molecule has 3 nitrogen and oxygen atoms in total. The number of benzene rings is 1. The van der Waals surface area contributed by atoms with Crippen LogP contribution in [0, 0.1) is 0 Å². The van der Waals surface area contributed by atoms with Gasteiger partial charge < -0.3 is 9.40 Å². The molecule has 3 rings (SSSR count). The third-order valence-corrected chi connectivity index (χ3v) is 2.27. The molecule has 2 aromatic heterocycles. The molecule has 0 unspecified atom stereocenters. The van der Waals surface area contributed by atoms with Gasteiger partial charge in [0.25, 0.3) is 0 Å². The summed E-state index contributed by atoms with van der Waals surface area (Å²) < 4.78 is 5.04. The smallest absolute Gasteiger partial charge is 0.0980 e. The van der Waals surface area contributed by atoms with Crippen molar-refractivity contribution in [2.24, 2.45) is 0 Å². The minimum Gasteiger partial charge on any atom is -0.472 e. The molecule has 0 saturated heterocycles. The Kier molecular flexibility index (Phi) is 1.44. The van der Waals surface area contributed by atoms with Crippen LogP contribution >= 0.6 is 0 Å². The van der Waals surface area contributed by atoms with Crippen molar-refractivity contribution in [1.29, 1.82) is 0 Å². The van der Waals surface area contributed by atoms with E-state index in [0.29, 0.717) is 0 Å². The lowest BCUT2D eigenvalue weighted by Gasteiger charge is -1.95. The third kappa shape index (κ3) is 1.03. The molecule has 0 amide bonds. The molecule has 0 spiro atoms. The van der Waals surface area contributed by atoms with Crippen LogP contribution in [-0.4, -0.2) is 9.97 Å². The second-order valence-electron chi connectivity index (χ2n) is 3.15. The summed E-state index contributed by atoms with van der Waals surface area (Å²) in [7, 11) is 0. The number of fused-ring (bicyclic) bond motifs is 1. The first kappa shape index (κ1) is 7.38. The van der Waals surface area contributed by atoms with E-state index < -0.39 is 0 Å². The van der Waals surface area contributed by atoms with E-state index in [4.69, 9.17) is 4.42 Å². The average Bonchev–Trinajstić information content (AvgIpc) is 2.88. The quantitative estimate of drug-likeness (QED) is 0.631. The fourth-order valence-electron chi connectivity index (χ4n) is 1.54. The van der Waals surface area contributed by atoms with E-state index in [-0.39, 0.29) is 0 Å². The van der Waals surface area contributed by atoms with E-state index >= 15 is 0 Å². The summed E-state index contributed by atoms with van der Waals surface area (Å²) in [5.41, 5.74) is 4.25. The fraction of sp³-hybridized carbons (Fsp3) is 0. The maximum atomic E-state index is 5.04. The lowest BCUT2D eigenvalue weighted by molar-refractivity contribution is 0.568. The van der Waals surface area contributed by atoms with Crippen LogP contribution in [-0.2, 0) is 0 Å². The van der Waals surface area contributed by atoms with Crippen LogP contribution in [0.4, 0.5) is 0 Å². The van der Waals surface area contributed by atoms with Crippen LogP contribution in [0.2, 0.25) is 0 Å². The van der Waals surface area contributed by atoms with E-state index in [0.717, 1.165) is 22.2 Å². The molecule has 14 heavy (non-hydrogen) atoms. The number of hydrogen-bond acceptors (Lipinski definition) is 2. The van der Waals surface area contributed by atoms with Crippen molar-refractivity contribution >= 4 is 11.0 Å². The molecule has 3 aromatic rings. The van der Waals surface area contributed by atoms with E-state index in [9.17, 15) is 0 Å². The largest absolute Gasteiger partial charge is 0.472 e. The summed E-state index contributed by atoms with van der Waals surface area (Å²) in [4.78, 5) is 7.24. The van der Waals surface area contributed by atoms with E-state index in [1.54, 1.807) is 18.9 Å². The molecule has 0 fully saturated rings. The summed E-state index contributed by atoms with van der Waals surface area (Å²) >= 11 is 0. The number of aromatic nitrogens is 2. The number of rotatable bonds is 1. The molecule has 0 bridgehead atoms. The van der Waals surface area contributed by atoms with Gasteiger partial charge >= 0.3 is 0 Å². The highest BCUT2D eigenvalue weighted by Gasteiger charge is 2.01. The Morgan fingerprint density at radius 3 is 3.00 bits per heavy atom. The zero-order chi connectivity index (χ0) is 9.38. The lowest BCUT2D eigenvalue weighted by Crippen LogP contribution is -1.74. The number of imidazole rings is 1. The number of hydrogen-bond donors (Lipinski definition) is 1. The van der Waals surface area contributed by atoms with Gasteiger partial charge in [0.2, 0.25) is 0 Å². The molecular weight excluding hydrogens is 176 g/mol. The summed E-state index contributed by atoms with van der Waals surface area (Å²) in [6.07, 6.45) is 5.10. The molecule has 68 valence electrons. The van der Waals surface area contributed by atoms with Gasteiger partial charge in [-0.05, 0) is 23.8 Å². The molecular formula is C11H8N2O. The minimum absolute atomic E-state index is 0.984. The Morgan fingerprint density at radius 1 is 1.14 bits per heavy atom. The molecule has 0 saturated carbocycles. The topological polar surface area (TPSA) is 41.8 Å². The van der Waals surface area contributed by atoms with Crippen molar-refractivity contribution < 1.29 is 4.42 Å². The molecule has 2 heterocycles. The predicted molar refractivity (Wildman–Crippen MR) is 53.8 cm³/mol. The minimum atomic E-state index is 0.984. The highest BCUT2D eigenvalue weighted by Crippen LogP contribution is 2.22. The van der Waals surface area contributed by atoms with Crippen molar-refractivity contribution in [1.82, 2.24) is 9.97 Å². The Labute approximate surface area is 80.4 Å². The maximum absolute atomic E-state index is 5.04. The van der Waals surface area contributed by atoms with E-state index in [1.165, 1.54) is 0 Å². The van der Waals surface area contributed by atoms with Crippen molar-refractivity contribution in [3.63, 3.8) is 0 Å². The van der Waals surface area contributed by atoms with Gasteiger partial charge in [0, 0.05) is 5.56 Å². The van der Waals surface area contributed by atoms with Crippen LogP contribution in [0.5, 0.6) is 0 Å². The first-order valence-electron chi connectivity index (χ1n) is 4.39. The van der Waals surface area contributed by atoms with Crippen LogP contribution < -0.4 is 0 Å². The number of nitrogens with one attached hydrogen (secondary N) is 1. The van der Waals surface area contributed by atoms with Crippen LogP contribution in [0.15, 0.2) is 47.5 Å². The van der Waals surface area contributed by atoms with Crippen LogP contribution in [0.3, 0.4) is 0 Å². The van der Waals surface area contributed by atoms with E-state index in [1.807, 2.05) is 18.2 Å². The molecule has 0 radical (unpaired) electrons. The van der Waals surface area contributed by atoms with Gasteiger partial charge in [0.05, 0.1) is 29.9 Å². The van der Waals surface area contributed by atoms with Crippen molar-refractivity contribution in [3.05, 3.63) is 43.1 Å². The average molecular weight is 184 g/mol. The first-order chi connectivity index (χ1) is 6.93. The fourth-order valence-corrected chi connectivity index (χ4v) is 1.54. The second kappa shape index (κ2) is 2.73. The molecule has 3 heteroatoms.